The van der Waals surface area contributed by atoms with Crippen LogP contribution in [-0.2, 0) is 19.1 Å². The Labute approximate surface area is 310 Å². The molecular weight excluding hydrogens is 683 g/mol. The maximum atomic E-state index is 14.3. The number of carbonyl (C=O) groups is 3. The number of fused-ring (bicyclic) bond motifs is 1. The van der Waals surface area contributed by atoms with Crippen molar-refractivity contribution in [2.24, 2.45) is 5.92 Å². The van der Waals surface area contributed by atoms with Gasteiger partial charge in [0, 0.05) is 29.9 Å². The van der Waals surface area contributed by atoms with E-state index in [-0.39, 0.29) is 17.9 Å². The number of hydrogen-bond donors (Lipinski definition) is 3. The van der Waals surface area contributed by atoms with Crippen molar-refractivity contribution in [2.75, 3.05) is 53.1 Å². The van der Waals surface area contributed by atoms with E-state index >= 15 is 0 Å². The summed E-state index contributed by atoms with van der Waals surface area (Å²) in [7, 11) is 1.37. The summed E-state index contributed by atoms with van der Waals surface area (Å²) < 4.78 is 17.9. The van der Waals surface area contributed by atoms with E-state index in [1.807, 2.05) is 29.2 Å². The smallest absolute Gasteiger partial charge is 0.407 e. The number of amides is 3. The predicted molar refractivity (Wildman–Crippen MR) is 201 cm³/mol. The van der Waals surface area contributed by atoms with Crippen molar-refractivity contribution in [1.82, 2.24) is 25.4 Å². The van der Waals surface area contributed by atoms with Crippen molar-refractivity contribution in [3.63, 3.8) is 0 Å². The number of rotatable bonds is 15. The van der Waals surface area contributed by atoms with Gasteiger partial charge in [-0.3, -0.25) is 14.5 Å². The van der Waals surface area contributed by atoms with E-state index < -0.39 is 24.1 Å². The molecule has 2 aromatic carbocycles. The number of nitrogens with zero attached hydrogens (tertiary/aromatic N) is 3. The number of hydrogen-bond acceptors (Lipinski definition) is 9. The van der Waals surface area contributed by atoms with Crippen LogP contribution in [0.5, 0.6) is 5.75 Å². The fraction of sp³-hybridized carbons (Fsp3) is 0.590. The van der Waals surface area contributed by atoms with Crippen LogP contribution in [0.15, 0.2) is 41.8 Å². The van der Waals surface area contributed by atoms with Gasteiger partial charge in [-0.1, -0.05) is 43.5 Å². The summed E-state index contributed by atoms with van der Waals surface area (Å²) in [6.45, 7) is 6.20. The van der Waals surface area contributed by atoms with Crippen molar-refractivity contribution in [3.05, 3.63) is 46.8 Å². The highest BCUT2D eigenvalue weighted by Gasteiger charge is 2.40. The predicted octanol–water partition coefficient (Wildman–Crippen LogP) is 5.85. The molecule has 3 aliphatic rings. The highest BCUT2D eigenvalue weighted by Crippen LogP contribution is 2.40. The van der Waals surface area contributed by atoms with Crippen LogP contribution in [0.4, 0.5) is 4.79 Å². The van der Waals surface area contributed by atoms with Crippen LogP contribution < -0.4 is 15.4 Å². The number of benzene rings is 2. The second-order valence-corrected chi connectivity index (χ2v) is 15.0. The van der Waals surface area contributed by atoms with E-state index in [0.717, 1.165) is 109 Å². The summed E-state index contributed by atoms with van der Waals surface area (Å²) in [5.41, 5.74) is 1.85. The molecule has 6 rings (SSSR count). The zero-order chi connectivity index (χ0) is 36.5. The molecule has 0 bridgehead atoms. The molecule has 1 saturated carbocycles. The summed E-state index contributed by atoms with van der Waals surface area (Å²) in [4.78, 5) is 47.1. The van der Waals surface area contributed by atoms with Gasteiger partial charge in [0.2, 0.25) is 11.8 Å². The van der Waals surface area contributed by atoms with Crippen LogP contribution >= 0.6 is 11.3 Å². The first-order valence-electron chi connectivity index (χ1n) is 18.9. The van der Waals surface area contributed by atoms with Crippen molar-refractivity contribution in [2.45, 2.75) is 88.9 Å². The van der Waals surface area contributed by atoms with Crippen molar-refractivity contribution in [1.29, 1.82) is 0 Å². The van der Waals surface area contributed by atoms with E-state index in [4.69, 9.17) is 19.2 Å². The van der Waals surface area contributed by atoms with Gasteiger partial charge in [-0.25, -0.2) is 9.78 Å². The second kappa shape index (κ2) is 18.3. The molecule has 0 spiro atoms. The monoisotopic (exact) mass is 735 g/mol. The van der Waals surface area contributed by atoms with E-state index in [9.17, 15) is 19.5 Å². The molecule has 282 valence electrons. The number of aromatic nitrogens is 1. The van der Waals surface area contributed by atoms with Gasteiger partial charge in [0.25, 0.3) is 0 Å². The zero-order valence-electron chi connectivity index (χ0n) is 30.4. The lowest BCUT2D eigenvalue weighted by molar-refractivity contribution is -0.140. The molecule has 52 heavy (non-hydrogen) atoms. The lowest BCUT2D eigenvalue weighted by Crippen LogP contribution is -2.56. The summed E-state index contributed by atoms with van der Waals surface area (Å²) >= 11 is 1.56. The normalized spacial score (nSPS) is 19.7. The van der Waals surface area contributed by atoms with Crippen LogP contribution in [0, 0.1) is 5.92 Å². The highest BCUT2D eigenvalue weighted by molar-refractivity contribution is 7.10. The van der Waals surface area contributed by atoms with Crippen LogP contribution in [0.1, 0.15) is 75.8 Å². The molecule has 2 unspecified atom stereocenters. The molecular formula is C39H53N5O7S. The minimum absolute atomic E-state index is 0.0116. The fourth-order valence-electron chi connectivity index (χ4n) is 7.66. The van der Waals surface area contributed by atoms with Gasteiger partial charge in [0.05, 0.1) is 37.7 Å². The van der Waals surface area contributed by atoms with Gasteiger partial charge in [0.15, 0.2) is 0 Å². The lowest BCUT2D eigenvalue weighted by atomic mass is 9.83. The third-order valence-electron chi connectivity index (χ3n) is 10.8. The quantitative estimate of drug-likeness (QED) is 0.164. The van der Waals surface area contributed by atoms with E-state index in [1.54, 1.807) is 18.3 Å². The van der Waals surface area contributed by atoms with Gasteiger partial charge in [0.1, 0.15) is 29.4 Å². The minimum atomic E-state index is -1.19. The molecule has 2 saturated heterocycles. The Morgan fingerprint density at radius 3 is 2.50 bits per heavy atom. The molecule has 0 radical (unpaired) electrons. The van der Waals surface area contributed by atoms with Crippen molar-refractivity contribution < 1.29 is 33.7 Å². The number of likely N-dealkylation sites (tertiary alicyclic amines) is 1. The molecule has 13 heteroatoms. The van der Waals surface area contributed by atoms with Crippen LogP contribution in [0.25, 0.3) is 22.0 Å². The molecule has 3 amide bonds. The third kappa shape index (κ3) is 9.22. The first-order valence-corrected chi connectivity index (χ1v) is 19.8. The number of likely N-dealkylation sites (N-methyl/N-ethyl adjacent to an activating group) is 1. The number of thiazole rings is 1. The molecule has 3 heterocycles. The Balaban J connectivity index is 1.11. The van der Waals surface area contributed by atoms with Gasteiger partial charge >= 0.3 is 6.09 Å². The topological polar surface area (TPSA) is 143 Å². The zero-order valence-corrected chi connectivity index (χ0v) is 31.2. The van der Waals surface area contributed by atoms with E-state index in [2.05, 4.69) is 28.1 Å². The van der Waals surface area contributed by atoms with Crippen molar-refractivity contribution in [3.8, 4) is 17.0 Å². The molecule has 1 aromatic heterocycles. The molecule has 3 atom stereocenters. The maximum absolute atomic E-state index is 14.3. The standard InChI is InChI=1S/C39H53N5O7S/c1-26(43(2)39(47)48)36(45)42-35(27-9-4-3-5-10-27)38(46)44-20-8-13-33(44)37-41-32(25-52-37)30-14-15-34(31-12-7-6-11-29(30)31)51-24-22-49-21-23-50-28-16-18-40-19-17-28/h6-7,11-12,14-15,25-28,33,35,40H,3-5,8-10,13,16-24H2,1-2H3,(H,42,45)(H,47,48)/t26?,33?,35-/m0/s1. The number of carboxylic acid groups (broad SMARTS) is 1. The Morgan fingerprint density at radius 2 is 1.73 bits per heavy atom. The van der Waals surface area contributed by atoms with E-state index in [0.29, 0.717) is 39.1 Å². The number of ether oxygens (including phenoxy) is 3. The van der Waals surface area contributed by atoms with Crippen LogP contribution in [0.2, 0.25) is 0 Å². The average molecular weight is 736 g/mol. The van der Waals surface area contributed by atoms with Gasteiger partial charge in [-0.2, -0.15) is 0 Å². The molecule has 3 N–H and O–H groups in total. The first-order chi connectivity index (χ1) is 25.3. The molecule has 1 aliphatic carbocycles. The average Bonchev–Trinajstić information content (AvgIpc) is 3.87. The Morgan fingerprint density at radius 1 is 0.981 bits per heavy atom. The molecule has 3 fully saturated rings. The maximum Gasteiger partial charge on any atom is 0.407 e. The number of carbonyl (C=O) groups excluding carboxylic acids is 2. The van der Waals surface area contributed by atoms with Gasteiger partial charge < -0.3 is 34.9 Å². The molecule has 2 aliphatic heterocycles. The summed E-state index contributed by atoms with van der Waals surface area (Å²) in [5.74, 6) is 0.245. The Kier molecular flexibility index (Phi) is 13.4. The SMILES string of the molecule is CC(C(=O)N[C@H](C(=O)N1CCCC1c1nc(-c2ccc(OCCOCCOC3CCNCC3)c3ccccc23)cs1)C1CCCCC1)N(C)C(=O)O. The largest absolute Gasteiger partial charge is 0.491 e. The Bertz CT molecular complexity index is 1660. The number of piperidine rings is 1. The third-order valence-corrected chi connectivity index (χ3v) is 11.7. The summed E-state index contributed by atoms with van der Waals surface area (Å²) in [6, 6.07) is 10.4. The molecule has 12 nitrogen and oxygen atoms in total. The minimum Gasteiger partial charge on any atom is -0.491 e. The lowest BCUT2D eigenvalue weighted by Gasteiger charge is -2.35. The Hall–Kier alpha value is -3.78. The summed E-state index contributed by atoms with van der Waals surface area (Å²) in [5, 5.41) is 20.7. The van der Waals surface area contributed by atoms with Crippen molar-refractivity contribution >= 4 is 40.0 Å². The molecule has 3 aromatic rings. The van der Waals surface area contributed by atoms with Crippen LogP contribution in [0.3, 0.4) is 0 Å². The fourth-order valence-corrected chi connectivity index (χ4v) is 8.63. The second-order valence-electron chi connectivity index (χ2n) is 14.2. The van der Waals surface area contributed by atoms with E-state index in [1.165, 1.54) is 7.05 Å². The first kappa shape index (κ1) is 38.0. The highest BCUT2D eigenvalue weighted by atomic mass is 32.1. The van der Waals surface area contributed by atoms with Gasteiger partial charge in [-0.15, -0.1) is 11.3 Å². The summed E-state index contributed by atoms with van der Waals surface area (Å²) in [6.07, 6.45) is 7.70. The van der Waals surface area contributed by atoms with Gasteiger partial charge in [-0.05, 0) is 82.0 Å². The number of nitrogens with one attached hydrogen (secondary N) is 2. The van der Waals surface area contributed by atoms with Crippen LogP contribution in [-0.4, -0.2) is 109 Å².